The largest absolute Gasteiger partial charge is 0.480 e. The van der Waals surface area contributed by atoms with E-state index in [0.29, 0.717) is 19.4 Å². The summed E-state index contributed by atoms with van der Waals surface area (Å²) in [5.41, 5.74) is -0.322. The maximum atomic E-state index is 11.3. The molecule has 0 aromatic rings. The van der Waals surface area contributed by atoms with E-state index < -0.39 is 21.8 Å². The van der Waals surface area contributed by atoms with Crippen LogP contribution in [0, 0.1) is 5.41 Å². The van der Waals surface area contributed by atoms with Crippen LogP contribution >= 0.6 is 0 Å². The van der Waals surface area contributed by atoms with Crippen LogP contribution in [0.25, 0.3) is 0 Å². The summed E-state index contributed by atoms with van der Waals surface area (Å²) in [5, 5.41) is 12.0. The van der Waals surface area contributed by atoms with Crippen molar-refractivity contribution in [2.24, 2.45) is 5.41 Å². The number of hydrogen-bond acceptors (Lipinski definition) is 4. The lowest BCUT2D eigenvalue weighted by Crippen LogP contribution is -2.47. The van der Waals surface area contributed by atoms with Crippen LogP contribution in [0.1, 0.15) is 19.3 Å². The predicted molar refractivity (Wildman–Crippen MR) is 54.4 cm³/mol. The number of aliphatic carboxylic acids is 1. The summed E-state index contributed by atoms with van der Waals surface area (Å²) in [7, 11) is -2.92. The molecule has 5 nitrogen and oxygen atoms in total. The molecule has 2 fully saturated rings. The number of carboxylic acids is 1. The summed E-state index contributed by atoms with van der Waals surface area (Å²) in [6.07, 6.45) is 1.75. The number of carboxylic acid groups (broad SMARTS) is 1. The molecule has 2 aliphatic rings. The van der Waals surface area contributed by atoms with Crippen LogP contribution in [0.3, 0.4) is 0 Å². The Labute approximate surface area is 88.8 Å². The van der Waals surface area contributed by atoms with E-state index >= 15 is 0 Å². The highest BCUT2D eigenvalue weighted by Gasteiger charge is 2.49. The second-order valence-corrected chi connectivity index (χ2v) is 6.79. The smallest absolute Gasteiger partial charge is 0.321 e. The highest BCUT2D eigenvalue weighted by Crippen LogP contribution is 2.42. The van der Waals surface area contributed by atoms with Gasteiger partial charge < -0.3 is 10.4 Å². The van der Waals surface area contributed by atoms with Crippen LogP contribution in [-0.4, -0.2) is 43.6 Å². The van der Waals surface area contributed by atoms with Crippen molar-refractivity contribution in [3.63, 3.8) is 0 Å². The van der Waals surface area contributed by atoms with Crippen LogP contribution in [0.4, 0.5) is 0 Å². The summed E-state index contributed by atoms with van der Waals surface area (Å²) >= 11 is 0. The van der Waals surface area contributed by atoms with Gasteiger partial charge in [0.05, 0.1) is 11.5 Å². The van der Waals surface area contributed by atoms with E-state index in [9.17, 15) is 13.2 Å². The first-order valence-corrected chi connectivity index (χ1v) is 6.94. The van der Waals surface area contributed by atoms with Gasteiger partial charge in [-0.15, -0.1) is 0 Å². The predicted octanol–water partition coefficient (Wildman–Crippen LogP) is -0.372. The lowest BCUT2D eigenvalue weighted by Gasteiger charge is -2.36. The quantitative estimate of drug-likeness (QED) is 0.645. The monoisotopic (exact) mass is 233 g/mol. The lowest BCUT2D eigenvalue weighted by atomic mass is 9.75. The fourth-order valence-corrected chi connectivity index (χ4v) is 4.30. The van der Waals surface area contributed by atoms with Crippen LogP contribution in [-0.2, 0) is 14.6 Å². The zero-order valence-corrected chi connectivity index (χ0v) is 9.22. The second kappa shape index (κ2) is 3.45. The van der Waals surface area contributed by atoms with Gasteiger partial charge in [0.25, 0.3) is 0 Å². The molecule has 86 valence electrons. The molecule has 0 aromatic heterocycles. The Hall–Kier alpha value is -0.620. The van der Waals surface area contributed by atoms with Crippen molar-refractivity contribution in [2.45, 2.75) is 25.3 Å². The van der Waals surface area contributed by atoms with E-state index in [-0.39, 0.29) is 16.9 Å². The minimum Gasteiger partial charge on any atom is -0.480 e. The molecule has 6 heteroatoms. The van der Waals surface area contributed by atoms with Gasteiger partial charge in [0.1, 0.15) is 15.9 Å². The summed E-state index contributed by atoms with van der Waals surface area (Å²) < 4.78 is 22.6. The number of rotatable bonds is 1. The normalized spacial score (nSPS) is 32.9. The number of hydrogen-bond donors (Lipinski definition) is 2. The van der Waals surface area contributed by atoms with Gasteiger partial charge >= 0.3 is 5.97 Å². The fraction of sp³-hybridized carbons (Fsp3) is 0.889. The average molecular weight is 233 g/mol. The lowest BCUT2D eigenvalue weighted by molar-refractivity contribution is -0.142. The van der Waals surface area contributed by atoms with Crippen LogP contribution in [0.5, 0.6) is 0 Å². The first-order chi connectivity index (χ1) is 6.95. The van der Waals surface area contributed by atoms with Gasteiger partial charge in [-0.25, -0.2) is 8.42 Å². The Balaban J connectivity index is 2.18. The third-order valence-corrected chi connectivity index (χ3v) is 5.30. The first-order valence-electron chi connectivity index (χ1n) is 5.12. The minimum absolute atomic E-state index is 0.137. The number of sulfone groups is 1. The van der Waals surface area contributed by atoms with Crippen LogP contribution in [0.15, 0.2) is 0 Å². The summed E-state index contributed by atoms with van der Waals surface area (Å²) in [4.78, 5) is 11.0. The molecule has 0 amide bonds. The van der Waals surface area contributed by atoms with Gasteiger partial charge in [0.2, 0.25) is 0 Å². The molecule has 0 radical (unpaired) electrons. The van der Waals surface area contributed by atoms with Crippen molar-refractivity contribution in [3.05, 3.63) is 0 Å². The van der Waals surface area contributed by atoms with Crippen molar-refractivity contribution in [1.29, 1.82) is 0 Å². The Morgan fingerprint density at radius 1 is 1.27 bits per heavy atom. The molecular formula is C9H15NO4S. The summed E-state index contributed by atoms with van der Waals surface area (Å²) in [6, 6.07) is -0.562. The molecule has 15 heavy (non-hydrogen) atoms. The van der Waals surface area contributed by atoms with Crippen molar-refractivity contribution in [1.82, 2.24) is 5.32 Å². The van der Waals surface area contributed by atoms with Crippen molar-refractivity contribution >= 4 is 15.8 Å². The van der Waals surface area contributed by atoms with Gasteiger partial charge in [-0.1, -0.05) is 0 Å². The molecule has 0 saturated carbocycles. The van der Waals surface area contributed by atoms with E-state index in [4.69, 9.17) is 5.11 Å². The Morgan fingerprint density at radius 2 is 1.87 bits per heavy atom. The minimum atomic E-state index is -2.92. The third kappa shape index (κ3) is 1.88. The maximum Gasteiger partial charge on any atom is 0.321 e. The molecule has 1 unspecified atom stereocenters. The molecule has 0 aliphatic carbocycles. The highest BCUT2D eigenvalue weighted by atomic mass is 32.2. The van der Waals surface area contributed by atoms with Crippen molar-refractivity contribution in [2.75, 3.05) is 18.1 Å². The summed E-state index contributed by atoms with van der Waals surface area (Å²) in [5.74, 6) is -0.580. The molecule has 2 aliphatic heterocycles. The van der Waals surface area contributed by atoms with Gasteiger partial charge in [0, 0.05) is 0 Å². The van der Waals surface area contributed by atoms with E-state index in [1.807, 2.05) is 0 Å². The average Bonchev–Trinajstić information content (AvgIpc) is 2.55. The number of carbonyl (C=O) groups is 1. The van der Waals surface area contributed by atoms with Gasteiger partial charge in [-0.05, 0) is 31.2 Å². The molecule has 1 atom stereocenters. The molecule has 1 spiro atoms. The molecule has 0 aromatic carbocycles. The van der Waals surface area contributed by atoms with Crippen LogP contribution < -0.4 is 5.32 Å². The van der Waals surface area contributed by atoms with Crippen molar-refractivity contribution in [3.8, 4) is 0 Å². The Morgan fingerprint density at radius 3 is 2.40 bits per heavy atom. The maximum absolute atomic E-state index is 11.3. The number of nitrogens with one attached hydrogen (secondary N) is 1. The van der Waals surface area contributed by atoms with E-state index in [1.54, 1.807) is 0 Å². The first kappa shape index (κ1) is 10.9. The standard InChI is InChI=1S/C9H15NO4S/c11-8(12)7-9(1-4-10-7)2-5-15(13,14)6-3-9/h7,10H,1-6H2,(H,11,12). The topological polar surface area (TPSA) is 83.5 Å². The molecule has 0 bridgehead atoms. The fourth-order valence-electron chi connectivity index (χ4n) is 2.66. The van der Waals surface area contributed by atoms with Crippen LogP contribution in [0.2, 0.25) is 0 Å². The Kier molecular flexibility index (Phi) is 2.50. The van der Waals surface area contributed by atoms with Crippen molar-refractivity contribution < 1.29 is 18.3 Å². The zero-order chi connectivity index (χ0) is 11.1. The van der Waals surface area contributed by atoms with E-state index in [0.717, 1.165) is 6.42 Å². The van der Waals surface area contributed by atoms with Gasteiger partial charge in [0.15, 0.2) is 0 Å². The SMILES string of the molecule is O=C(O)C1NCCC12CCS(=O)(=O)CC2. The highest BCUT2D eigenvalue weighted by molar-refractivity contribution is 7.91. The van der Waals surface area contributed by atoms with Gasteiger partial charge in [-0.3, -0.25) is 4.79 Å². The summed E-state index contributed by atoms with van der Waals surface area (Å²) in [6.45, 7) is 0.678. The molecular weight excluding hydrogens is 218 g/mol. The molecule has 2 heterocycles. The molecule has 2 saturated heterocycles. The Bertz CT molecular complexity index is 362. The second-order valence-electron chi connectivity index (χ2n) is 4.49. The zero-order valence-electron chi connectivity index (χ0n) is 8.40. The van der Waals surface area contributed by atoms with Gasteiger partial charge in [-0.2, -0.15) is 0 Å². The third-order valence-electron chi connectivity index (χ3n) is 3.65. The van der Waals surface area contributed by atoms with E-state index in [2.05, 4.69) is 5.32 Å². The van der Waals surface area contributed by atoms with E-state index in [1.165, 1.54) is 0 Å². The molecule has 2 N–H and O–H groups in total. The molecule has 2 rings (SSSR count).